The van der Waals surface area contributed by atoms with Crippen LogP contribution in [-0.4, -0.2) is 25.7 Å². The quantitative estimate of drug-likeness (QED) is 0.449. The molecule has 0 aliphatic carbocycles. The molecular weight excluding hydrogens is 255 g/mol. The summed E-state index contributed by atoms with van der Waals surface area (Å²) in [6.07, 6.45) is 0.727. The molecule has 18 heavy (non-hydrogen) atoms. The van der Waals surface area contributed by atoms with Gasteiger partial charge in [-0.3, -0.25) is 0 Å². The lowest BCUT2D eigenvalue weighted by Gasteiger charge is -2.07. The third-order valence-electron chi connectivity index (χ3n) is 2.13. The zero-order valence-corrected chi connectivity index (χ0v) is 11.1. The first-order valence-electron chi connectivity index (χ1n) is 5.83. The van der Waals surface area contributed by atoms with Crippen molar-refractivity contribution in [3.63, 3.8) is 0 Å². The van der Waals surface area contributed by atoms with Crippen LogP contribution in [0.5, 0.6) is 5.75 Å². The van der Waals surface area contributed by atoms with E-state index in [-0.39, 0.29) is 17.4 Å². The van der Waals surface area contributed by atoms with E-state index >= 15 is 0 Å². The van der Waals surface area contributed by atoms with Crippen molar-refractivity contribution >= 4 is 11.6 Å². The number of alkyl halides is 1. The molecular formula is C14H16ClFO2. The Hall–Kier alpha value is -1.24. The second kappa shape index (κ2) is 8.79. The molecule has 0 N–H and O–H groups in total. The summed E-state index contributed by atoms with van der Waals surface area (Å²) in [5.74, 6) is 5.61. The molecule has 1 aromatic carbocycles. The van der Waals surface area contributed by atoms with Crippen LogP contribution < -0.4 is 4.74 Å². The maximum Gasteiger partial charge on any atom is 0.165 e. The van der Waals surface area contributed by atoms with E-state index in [0.717, 1.165) is 6.42 Å². The van der Waals surface area contributed by atoms with Crippen LogP contribution in [0.1, 0.15) is 18.9 Å². The number of ether oxygens (including phenoxy) is 2. The Kier molecular flexibility index (Phi) is 7.24. The van der Waals surface area contributed by atoms with Crippen molar-refractivity contribution in [2.75, 3.05) is 25.7 Å². The smallest absolute Gasteiger partial charge is 0.165 e. The van der Waals surface area contributed by atoms with Crippen molar-refractivity contribution in [1.29, 1.82) is 0 Å². The summed E-state index contributed by atoms with van der Waals surface area (Å²) in [4.78, 5) is 0. The Morgan fingerprint density at radius 2 is 2.17 bits per heavy atom. The highest BCUT2D eigenvalue weighted by Gasteiger charge is 2.03. The molecule has 0 heterocycles. The lowest BCUT2D eigenvalue weighted by molar-refractivity contribution is 0.130. The summed E-state index contributed by atoms with van der Waals surface area (Å²) in [5, 5.41) is 0. The van der Waals surface area contributed by atoms with Gasteiger partial charge in [-0.2, -0.15) is 0 Å². The van der Waals surface area contributed by atoms with Gasteiger partial charge in [0.15, 0.2) is 11.6 Å². The highest BCUT2D eigenvalue weighted by molar-refractivity contribution is 6.19. The molecule has 1 aromatic rings. The fraction of sp³-hybridized carbons (Fsp3) is 0.429. The van der Waals surface area contributed by atoms with Gasteiger partial charge in [-0.1, -0.05) is 11.8 Å². The van der Waals surface area contributed by atoms with Gasteiger partial charge in [-0.15, -0.1) is 11.6 Å². The molecule has 0 bridgehead atoms. The first-order chi connectivity index (χ1) is 8.77. The van der Waals surface area contributed by atoms with Crippen LogP contribution in [0, 0.1) is 17.7 Å². The fourth-order valence-electron chi connectivity index (χ4n) is 1.31. The summed E-state index contributed by atoms with van der Waals surface area (Å²) in [7, 11) is 0. The Morgan fingerprint density at radius 3 is 2.89 bits per heavy atom. The van der Waals surface area contributed by atoms with E-state index in [1.807, 2.05) is 6.92 Å². The van der Waals surface area contributed by atoms with Crippen LogP contribution >= 0.6 is 11.6 Å². The van der Waals surface area contributed by atoms with Crippen LogP contribution in [-0.2, 0) is 4.74 Å². The van der Waals surface area contributed by atoms with Crippen LogP contribution in [0.4, 0.5) is 4.39 Å². The zero-order chi connectivity index (χ0) is 13.2. The largest absolute Gasteiger partial charge is 0.490 e. The van der Waals surface area contributed by atoms with Gasteiger partial charge in [0, 0.05) is 25.2 Å². The number of hydrogen-bond acceptors (Lipinski definition) is 2. The Morgan fingerprint density at radius 1 is 1.33 bits per heavy atom. The molecule has 0 unspecified atom stereocenters. The van der Waals surface area contributed by atoms with Crippen LogP contribution in [0.3, 0.4) is 0 Å². The lowest BCUT2D eigenvalue weighted by atomic mass is 10.2. The summed E-state index contributed by atoms with van der Waals surface area (Å²) in [6, 6.07) is 4.52. The van der Waals surface area contributed by atoms with Gasteiger partial charge in [0.1, 0.15) is 0 Å². The third kappa shape index (κ3) is 5.39. The highest BCUT2D eigenvalue weighted by atomic mass is 35.5. The van der Waals surface area contributed by atoms with Gasteiger partial charge in [0.25, 0.3) is 0 Å². The Bertz CT molecular complexity index is 424. The van der Waals surface area contributed by atoms with E-state index in [1.165, 1.54) is 6.07 Å². The minimum Gasteiger partial charge on any atom is -0.490 e. The molecule has 2 nitrogen and oxygen atoms in total. The Balaban J connectivity index is 2.53. The van der Waals surface area contributed by atoms with Crippen molar-refractivity contribution in [3.05, 3.63) is 29.6 Å². The maximum atomic E-state index is 13.4. The number of hydrogen-bond donors (Lipinski definition) is 0. The molecule has 0 radical (unpaired) electrons. The fourth-order valence-corrected chi connectivity index (χ4v) is 1.38. The van der Waals surface area contributed by atoms with E-state index in [1.54, 1.807) is 12.1 Å². The average molecular weight is 271 g/mol. The molecule has 0 saturated carbocycles. The van der Waals surface area contributed by atoms with E-state index < -0.39 is 0 Å². The molecule has 98 valence electrons. The standard InChI is InChI=1S/C14H16ClFO2/c1-2-17-9-4-10-18-14-11-12(5-3-8-15)6-7-13(14)16/h6-7,11H,2,4,8-10H2,1H3. The van der Waals surface area contributed by atoms with Crippen molar-refractivity contribution in [2.45, 2.75) is 13.3 Å². The first kappa shape index (κ1) is 14.8. The molecule has 4 heteroatoms. The average Bonchev–Trinajstić information content (AvgIpc) is 2.39. The van der Waals surface area contributed by atoms with Crippen molar-refractivity contribution in [3.8, 4) is 17.6 Å². The molecule has 1 rings (SSSR count). The van der Waals surface area contributed by atoms with Gasteiger partial charge in [-0.25, -0.2) is 4.39 Å². The molecule has 0 atom stereocenters. The SMILES string of the molecule is CCOCCCOc1cc(C#CCCl)ccc1F. The topological polar surface area (TPSA) is 18.5 Å². The van der Waals surface area contributed by atoms with Crippen molar-refractivity contribution in [1.82, 2.24) is 0 Å². The van der Waals surface area contributed by atoms with Gasteiger partial charge in [-0.05, 0) is 25.1 Å². The third-order valence-corrected chi connectivity index (χ3v) is 2.26. The molecule has 0 aliphatic rings. The molecule has 0 fully saturated rings. The van der Waals surface area contributed by atoms with Gasteiger partial charge >= 0.3 is 0 Å². The van der Waals surface area contributed by atoms with Crippen molar-refractivity contribution < 1.29 is 13.9 Å². The first-order valence-corrected chi connectivity index (χ1v) is 6.36. The maximum absolute atomic E-state index is 13.4. The second-order valence-electron chi connectivity index (χ2n) is 3.48. The number of rotatable bonds is 6. The predicted octanol–water partition coefficient (Wildman–Crippen LogP) is 3.22. The van der Waals surface area contributed by atoms with Gasteiger partial charge in [0.2, 0.25) is 0 Å². The van der Waals surface area contributed by atoms with E-state index in [0.29, 0.717) is 25.4 Å². The summed E-state index contributed by atoms with van der Waals surface area (Å²) < 4.78 is 24.0. The Labute approximate surface area is 112 Å². The zero-order valence-electron chi connectivity index (χ0n) is 10.3. The second-order valence-corrected chi connectivity index (χ2v) is 3.75. The molecule has 0 aliphatic heterocycles. The minimum absolute atomic E-state index is 0.216. The number of halogens is 2. The summed E-state index contributed by atoms with van der Waals surface area (Å²) in [6.45, 7) is 3.64. The van der Waals surface area contributed by atoms with Gasteiger partial charge < -0.3 is 9.47 Å². The van der Waals surface area contributed by atoms with E-state index in [4.69, 9.17) is 21.1 Å². The normalized spacial score (nSPS) is 9.72. The van der Waals surface area contributed by atoms with Gasteiger partial charge in [0.05, 0.1) is 12.5 Å². The molecule has 0 amide bonds. The summed E-state index contributed by atoms with van der Waals surface area (Å²) >= 11 is 5.46. The molecule has 0 spiro atoms. The lowest BCUT2D eigenvalue weighted by Crippen LogP contribution is -2.04. The predicted molar refractivity (Wildman–Crippen MR) is 70.6 cm³/mol. The van der Waals surface area contributed by atoms with E-state index in [2.05, 4.69) is 11.8 Å². The minimum atomic E-state index is -0.386. The van der Waals surface area contributed by atoms with Crippen LogP contribution in [0.2, 0.25) is 0 Å². The monoisotopic (exact) mass is 270 g/mol. The van der Waals surface area contributed by atoms with Crippen LogP contribution in [0.25, 0.3) is 0 Å². The molecule has 0 saturated heterocycles. The molecule has 0 aromatic heterocycles. The number of benzene rings is 1. The van der Waals surface area contributed by atoms with E-state index in [9.17, 15) is 4.39 Å². The van der Waals surface area contributed by atoms with Crippen molar-refractivity contribution in [2.24, 2.45) is 0 Å². The summed E-state index contributed by atoms with van der Waals surface area (Å²) in [5.41, 5.74) is 0.692. The highest BCUT2D eigenvalue weighted by Crippen LogP contribution is 2.18. The van der Waals surface area contributed by atoms with Crippen LogP contribution in [0.15, 0.2) is 18.2 Å².